The molecular weight excluding hydrogens is 322 g/mol. The first-order valence-corrected chi connectivity index (χ1v) is 8.92. The van der Waals surface area contributed by atoms with Gasteiger partial charge in [0.25, 0.3) is 0 Å². The van der Waals surface area contributed by atoms with E-state index in [4.69, 9.17) is 4.74 Å². The number of nitrogens with zero attached hydrogens (tertiary/aromatic N) is 2. The van der Waals surface area contributed by atoms with Crippen LogP contribution in [0.4, 0.5) is 0 Å². The zero-order chi connectivity index (χ0) is 18.0. The molecule has 0 aromatic heterocycles. The first kappa shape index (κ1) is 16.6. The fraction of sp³-hybridized carbons (Fsp3) is 0.722. The van der Waals surface area contributed by atoms with Crippen LogP contribution >= 0.6 is 0 Å². The molecule has 4 atom stereocenters. The van der Waals surface area contributed by atoms with Gasteiger partial charge >= 0.3 is 0 Å². The van der Waals surface area contributed by atoms with Crippen LogP contribution in [0.5, 0.6) is 0 Å². The second-order valence-corrected chi connectivity index (χ2v) is 8.76. The molecule has 0 aromatic carbocycles. The van der Waals surface area contributed by atoms with E-state index in [-0.39, 0.29) is 35.8 Å². The Labute approximate surface area is 147 Å². The van der Waals surface area contributed by atoms with Gasteiger partial charge in [0.2, 0.25) is 17.7 Å². The lowest BCUT2D eigenvalue weighted by molar-refractivity contribution is -0.146. The molecule has 0 aliphatic carbocycles. The van der Waals surface area contributed by atoms with Gasteiger partial charge < -0.3 is 19.9 Å². The van der Waals surface area contributed by atoms with Crippen molar-refractivity contribution in [3.63, 3.8) is 0 Å². The van der Waals surface area contributed by atoms with Crippen LogP contribution in [0, 0.1) is 17.3 Å². The lowest BCUT2D eigenvalue weighted by Gasteiger charge is -2.32. The summed E-state index contributed by atoms with van der Waals surface area (Å²) < 4.78 is 6.13. The van der Waals surface area contributed by atoms with E-state index >= 15 is 0 Å². The van der Waals surface area contributed by atoms with Crippen molar-refractivity contribution in [2.75, 3.05) is 32.7 Å². The van der Waals surface area contributed by atoms with Crippen molar-refractivity contribution in [2.45, 2.75) is 32.5 Å². The molecule has 4 heterocycles. The normalized spacial score (nSPS) is 36.8. The van der Waals surface area contributed by atoms with Crippen LogP contribution < -0.4 is 5.32 Å². The Balaban J connectivity index is 1.59. The molecule has 0 saturated carbocycles. The number of hydrogen-bond donors (Lipinski definition) is 1. The summed E-state index contributed by atoms with van der Waals surface area (Å²) in [5, 5.41) is 2.72. The third-order valence-electron chi connectivity index (χ3n) is 5.48. The highest BCUT2D eigenvalue weighted by molar-refractivity contribution is 5.94. The number of rotatable bonds is 2. The zero-order valence-electron chi connectivity index (χ0n) is 14.9. The van der Waals surface area contributed by atoms with E-state index in [1.807, 2.05) is 17.1 Å². The molecule has 3 saturated heterocycles. The van der Waals surface area contributed by atoms with Crippen molar-refractivity contribution in [2.24, 2.45) is 17.3 Å². The summed E-state index contributed by atoms with van der Waals surface area (Å²) in [6, 6.07) is 0. The average molecular weight is 347 g/mol. The number of carbonyl (C=O) groups excluding carboxylic acids is 3. The highest BCUT2D eigenvalue weighted by Crippen LogP contribution is 2.52. The molecule has 4 rings (SSSR count). The molecule has 2 bridgehead atoms. The molecule has 4 aliphatic rings. The lowest BCUT2D eigenvalue weighted by atomic mass is 9.76. The Bertz CT molecular complexity index is 668. The number of nitrogens with one attached hydrogen (secondary N) is 1. The molecule has 25 heavy (non-hydrogen) atoms. The Kier molecular flexibility index (Phi) is 3.51. The highest BCUT2D eigenvalue weighted by atomic mass is 16.5. The number of hydrogen-bond acceptors (Lipinski definition) is 4. The minimum atomic E-state index is -0.675. The summed E-state index contributed by atoms with van der Waals surface area (Å²) in [4.78, 5) is 41.2. The number of amides is 3. The zero-order valence-corrected chi connectivity index (χ0v) is 14.9. The van der Waals surface area contributed by atoms with Gasteiger partial charge in [-0.25, -0.2) is 0 Å². The van der Waals surface area contributed by atoms with Crippen molar-refractivity contribution >= 4 is 17.7 Å². The summed E-state index contributed by atoms with van der Waals surface area (Å²) in [6.07, 6.45) is 3.52. The van der Waals surface area contributed by atoms with Gasteiger partial charge in [0.15, 0.2) is 0 Å². The predicted octanol–water partition coefficient (Wildman–Crippen LogP) is -0.227. The van der Waals surface area contributed by atoms with Crippen molar-refractivity contribution < 1.29 is 19.1 Å². The van der Waals surface area contributed by atoms with Crippen LogP contribution in [0.15, 0.2) is 12.2 Å². The molecule has 3 amide bonds. The Morgan fingerprint density at radius 3 is 2.84 bits per heavy atom. The van der Waals surface area contributed by atoms with E-state index in [1.54, 1.807) is 4.90 Å². The van der Waals surface area contributed by atoms with Gasteiger partial charge in [0, 0.05) is 19.6 Å². The third-order valence-corrected chi connectivity index (χ3v) is 5.48. The van der Waals surface area contributed by atoms with Crippen LogP contribution in [-0.4, -0.2) is 72.0 Å². The van der Waals surface area contributed by atoms with E-state index in [0.29, 0.717) is 26.2 Å². The molecule has 1 N–H and O–H groups in total. The first-order chi connectivity index (χ1) is 11.7. The summed E-state index contributed by atoms with van der Waals surface area (Å²) >= 11 is 0. The van der Waals surface area contributed by atoms with Gasteiger partial charge in [-0.3, -0.25) is 14.4 Å². The van der Waals surface area contributed by atoms with Crippen molar-refractivity contribution in [3.8, 4) is 0 Å². The van der Waals surface area contributed by atoms with Crippen molar-refractivity contribution in [1.29, 1.82) is 0 Å². The first-order valence-electron chi connectivity index (χ1n) is 8.92. The topological polar surface area (TPSA) is 79.0 Å². The molecule has 0 unspecified atom stereocenters. The van der Waals surface area contributed by atoms with Crippen LogP contribution in [-0.2, 0) is 19.1 Å². The number of ether oxygens (including phenoxy) is 1. The van der Waals surface area contributed by atoms with E-state index in [2.05, 4.69) is 26.1 Å². The second kappa shape index (κ2) is 5.30. The molecular formula is C18H25N3O4. The fourth-order valence-electron chi connectivity index (χ4n) is 4.60. The Hall–Kier alpha value is -1.89. The van der Waals surface area contributed by atoms with Gasteiger partial charge in [-0.15, -0.1) is 0 Å². The van der Waals surface area contributed by atoms with Gasteiger partial charge in [0.1, 0.15) is 5.60 Å². The van der Waals surface area contributed by atoms with E-state index < -0.39 is 17.4 Å². The smallest absolute Gasteiger partial charge is 0.239 e. The van der Waals surface area contributed by atoms with Gasteiger partial charge in [-0.2, -0.15) is 0 Å². The second-order valence-electron chi connectivity index (χ2n) is 8.76. The van der Waals surface area contributed by atoms with Crippen LogP contribution in [0.25, 0.3) is 0 Å². The molecule has 0 aromatic rings. The average Bonchev–Trinajstić information content (AvgIpc) is 3.14. The maximum Gasteiger partial charge on any atom is 0.239 e. The fourth-order valence-corrected chi connectivity index (χ4v) is 4.60. The van der Waals surface area contributed by atoms with E-state index in [9.17, 15) is 14.4 Å². The standard InChI is InChI=1S/C18H25N3O4/c1-17(2,3)9-21-10-18-5-4-11(25-18)13(14(18)16(21)24)15(23)20-7-6-19-12(22)8-20/h4-5,11,13-14H,6-10H2,1-3H3,(H,19,22)/t11-,13-,14-,18-/m0/s1. The molecule has 1 spiro atoms. The largest absolute Gasteiger partial charge is 0.360 e. The summed E-state index contributed by atoms with van der Waals surface area (Å²) in [7, 11) is 0. The Morgan fingerprint density at radius 1 is 1.40 bits per heavy atom. The molecule has 7 heteroatoms. The highest BCUT2D eigenvalue weighted by Gasteiger charge is 2.67. The molecule has 4 aliphatic heterocycles. The van der Waals surface area contributed by atoms with Crippen molar-refractivity contribution in [1.82, 2.24) is 15.1 Å². The van der Waals surface area contributed by atoms with Gasteiger partial charge in [-0.05, 0) is 5.41 Å². The number of carbonyl (C=O) groups is 3. The molecule has 7 nitrogen and oxygen atoms in total. The quantitative estimate of drug-likeness (QED) is 0.700. The molecule has 136 valence electrons. The number of likely N-dealkylation sites (tertiary alicyclic amines) is 1. The summed E-state index contributed by atoms with van der Waals surface area (Å²) in [5.41, 5.74) is -0.692. The van der Waals surface area contributed by atoms with E-state index in [0.717, 1.165) is 0 Å². The SMILES string of the molecule is CC(C)(C)CN1C[C@]23C=C[C@H](O2)[C@H](C(=O)N2CCNC(=O)C2)[C@H]3C1=O. The van der Waals surface area contributed by atoms with Crippen molar-refractivity contribution in [3.05, 3.63) is 12.2 Å². The maximum atomic E-state index is 13.1. The number of fused-ring (bicyclic) bond motifs is 1. The maximum absolute atomic E-state index is 13.1. The van der Waals surface area contributed by atoms with Crippen LogP contribution in [0.1, 0.15) is 20.8 Å². The third kappa shape index (κ3) is 2.56. The predicted molar refractivity (Wildman–Crippen MR) is 89.3 cm³/mol. The van der Waals surface area contributed by atoms with Crippen LogP contribution in [0.2, 0.25) is 0 Å². The lowest BCUT2D eigenvalue weighted by Crippen LogP contribution is -2.54. The monoisotopic (exact) mass is 347 g/mol. The summed E-state index contributed by atoms with van der Waals surface area (Å²) in [6.45, 7) is 8.42. The van der Waals surface area contributed by atoms with Gasteiger partial charge in [-0.1, -0.05) is 32.9 Å². The molecule has 3 fully saturated rings. The summed E-state index contributed by atoms with van der Waals surface area (Å²) in [5.74, 6) is -1.28. The minimum absolute atomic E-state index is 0.00147. The van der Waals surface area contributed by atoms with Gasteiger partial charge in [0.05, 0.1) is 31.0 Å². The van der Waals surface area contributed by atoms with E-state index in [1.165, 1.54) is 0 Å². The minimum Gasteiger partial charge on any atom is -0.360 e. The number of piperazine rings is 1. The Morgan fingerprint density at radius 2 is 2.16 bits per heavy atom. The van der Waals surface area contributed by atoms with Crippen LogP contribution in [0.3, 0.4) is 0 Å². The molecule has 0 radical (unpaired) electrons.